The molecule has 0 unspecified atom stereocenters. The van der Waals surface area contributed by atoms with E-state index in [0.29, 0.717) is 18.4 Å². The number of morpholine rings is 1. The third-order valence-corrected chi connectivity index (χ3v) is 3.73. The summed E-state index contributed by atoms with van der Waals surface area (Å²) in [6.45, 7) is 6.98. The molecule has 0 amide bonds. The highest BCUT2D eigenvalue weighted by atomic mass is 16.5. The van der Waals surface area contributed by atoms with Crippen molar-refractivity contribution >= 4 is 5.95 Å². The summed E-state index contributed by atoms with van der Waals surface area (Å²) in [5.74, 6) is 1.26. The van der Waals surface area contributed by atoms with Crippen LogP contribution in [0.2, 0.25) is 0 Å². The van der Waals surface area contributed by atoms with Crippen LogP contribution in [-0.2, 0) is 11.3 Å². The van der Waals surface area contributed by atoms with Gasteiger partial charge in [0.2, 0.25) is 11.8 Å². The summed E-state index contributed by atoms with van der Waals surface area (Å²) >= 11 is 0. The Labute approximate surface area is 129 Å². The lowest BCUT2D eigenvalue weighted by Gasteiger charge is -2.33. The number of anilines is 1. The van der Waals surface area contributed by atoms with Gasteiger partial charge in [0.25, 0.3) is 0 Å². The molecule has 0 saturated carbocycles. The summed E-state index contributed by atoms with van der Waals surface area (Å²) in [6.07, 6.45) is 1.79. The molecule has 2 aromatic rings. The monoisotopic (exact) mass is 303 g/mol. The molecule has 118 valence electrons. The van der Waals surface area contributed by atoms with Crippen molar-refractivity contribution in [2.24, 2.45) is 0 Å². The molecule has 1 aliphatic heterocycles. The van der Waals surface area contributed by atoms with Crippen molar-refractivity contribution < 1.29 is 9.47 Å². The maximum absolute atomic E-state index is 5.87. The number of rotatable bonds is 4. The Kier molecular flexibility index (Phi) is 4.24. The van der Waals surface area contributed by atoms with Gasteiger partial charge in [0.05, 0.1) is 32.1 Å². The van der Waals surface area contributed by atoms with Crippen LogP contribution >= 0.6 is 0 Å². The van der Waals surface area contributed by atoms with Crippen molar-refractivity contribution in [3.63, 3.8) is 0 Å². The van der Waals surface area contributed by atoms with E-state index >= 15 is 0 Å². The van der Waals surface area contributed by atoms with Gasteiger partial charge in [-0.3, -0.25) is 4.68 Å². The molecule has 0 N–H and O–H groups in total. The molecular weight excluding hydrogens is 282 g/mol. The molecule has 1 aliphatic rings. The zero-order valence-electron chi connectivity index (χ0n) is 13.2. The quantitative estimate of drug-likeness (QED) is 0.846. The molecule has 1 saturated heterocycles. The summed E-state index contributed by atoms with van der Waals surface area (Å²) in [6, 6.07) is 3.82. The first kappa shape index (κ1) is 14.8. The van der Waals surface area contributed by atoms with E-state index in [0.717, 1.165) is 31.0 Å². The number of hydrogen-bond acceptors (Lipinski definition) is 6. The molecule has 1 atom stereocenters. The fraction of sp³-hybridized carbons (Fsp3) is 0.533. The largest absolute Gasteiger partial charge is 0.481 e. The van der Waals surface area contributed by atoms with Crippen molar-refractivity contribution in [1.82, 2.24) is 19.7 Å². The third-order valence-electron chi connectivity index (χ3n) is 3.73. The van der Waals surface area contributed by atoms with Crippen molar-refractivity contribution in [2.75, 3.05) is 31.7 Å². The topological polar surface area (TPSA) is 65.3 Å². The molecule has 0 aliphatic carbocycles. The van der Waals surface area contributed by atoms with Crippen molar-refractivity contribution in [2.45, 2.75) is 26.5 Å². The molecule has 1 fully saturated rings. The van der Waals surface area contributed by atoms with E-state index < -0.39 is 0 Å². The lowest BCUT2D eigenvalue weighted by atomic mass is 10.2. The van der Waals surface area contributed by atoms with Gasteiger partial charge in [0.1, 0.15) is 0 Å². The minimum atomic E-state index is 0.0709. The van der Waals surface area contributed by atoms with E-state index in [1.807, 2.05) is 11.6 Å². The second-order valence-electron chi connectivity index (χ2n) is 5.45. The average Bonchev–Trinajstić information content (AvgIpc) is 2.85. The Morgan fingerprint density at radius 2 is 2.27 bits per heavy atom. The molecule has 0 radical (unpaired) electrons. The minimum Gasteiger partial charge on any atom is -0.481 e. The van der Waals surface area contributed by atoms with Crippen LogP contribution in [0.1, 0.15) is 11.4 Å². The number of methoxy groups -OCH3 is 1. The van der Waals surface area contributed by atoms with E-state index in [4.69, 9.17) is 9.47 Å². The van der Waals surface area contributed by atoms with E-state index in [9.17, 15) is 0 Å². The van der Waals surface area contributed by atoms with Gasteiger partial charge in [0, 0.05) is 31.0 Å². The Hall–Kier alpha value is -2.15. The van der Waals surface area contributed by atoms with E-state index in [1.54, 1.807) is 19.4 Å². The molecule has 0 aromatic carbocycles. The summed E-state index contributed by atoms with van der Waals surface area (Å²) in [4.78, 5) is 10.9. The molecule has 3 rings (SSSR count). The lowest BCUT2D eigenvalue weighted by Crippen LogP contribution is -2.45. The second-order valence-corrected chi connectivity index (χ2v) is 5.45. The maximum Gasteiger partial charge on any atom is 0.228 e. The molecule has 0 spiro atoms. The number of ether oxygens (including phenoxy) is 2. The van der Waals surface area contributed by atoms with Crippen molar-refractivity contribution in [1.29, 1.82) is 0 Å². The first-order valence-electron chi connectivity index (χ1n) is 7.40. The second kappa shape index (κ2) is 6.31. The Balaban J connectivity index is 1.69. The highest BCUT2D eigenvalue weighted by molar-refractivity contribution is 5.32. The number of aromatic nitrogens is 4. The molecule has 3 heterocycles. The van der Waals surface area contributed by atoms with Crippen LogP contribution in [0.4, 0.5) is 5.95 Å². The van der Waals surface area contributed by atoms with Gasteiger partial charge in [-0.1, -0.05) is 0 Å². The highest BCUT2D eigenvalue weighted by Gasteiger charge is 2.23. The molecule has 0 bridgehead atoms. The van der Waals surface area contributed by atoms with Gasteiger partial charge in [-0.15, -0.1) is 0 Å². The van der Waals surface area contributed by atoms with Crippen LogP contribution in [0.15, 0.2) is 18.3 Å². The van der Waals surface area contributed by atoms with Gasteiger partial charge < -0.3 is 14.4 Å². The van der Waals surface area contributed by atoms with Crippen LogP contribution in [0, 0.1) is 13.8 Å². The smallest absolute Gasteiger partial charge is 0.228 e. The fourth-order valence-corrected chi connectivity index (χ4v) is 2.66. The zero-order valence-corrected chi connectivity index (χ0v) is 13.2. The lowest BCUT2D eigenvalue weighted by molar-refractivity contribution is 0.0264. The molecule has 7 nitrogen and oxygen atoms in total. The van der Waals surface area contributed by atoms with Crippen LogP contribution in [0.25, 0.3) is 0 Å². The SMILES string of the molecule is COc1ccnc(N2CCO[C@@H](Cn3nc(C)cc3C)C2)n1. The highest BCUT2D eigenvalue weighted by Crippen LogP contribution is 2.17. The molecule has 22 heavy (non-hydrogen) atoms. The molecule has 7 heteroatoms. The van der Waals surface area contributed by atoms with Crippen LogP contribution < -0.4 is 9.64 Å². The standard InChI is InChI=1S/C15H21N5O2/c1-11-8-12(2)20(18-11)10-13-9-19(6-7-22-13)15-16-5-4-14(17-15)21-3/h4-5,8,13H,6-7,9-10H2,1-3H3/t13-/m1/s1. The van der Waals surface area contributed by atoms with Crippen LogP contribution in [0.3, 0.4) is 0 Å². The first-order chi connectivity index (χ1) is 10.7. The average molecular weight is 303 g/mol. The maximum atomic E-state index is 5.87. The van der Waals surface area contributed by atoms with Crippen LogP contribution in [0.5, 0.6) is 5.88 Å². The summed E-state index contributed by atoms with van der Waals surface area (Å²) in [5.41, 5.74) is 2.18. The van der Waals surface area contributed by atoms with E-state index in [-0.39, 0.29) is 6.10 Å². The van der Waals surface area contributed by atoms with Crippen molar-refractivity contribution in [3.8, 4) is 5.88 Å². The first-order valence-corrected chi connectivity index (χ1v) is 7.40. The zero-order chi connectivity index (χ0) is 15.5. The number of nitrogens with zero attached hydrogens (tertiary/aromatic N) is 5. The minimum absolute atomic E-state index is 0.0709. The van der Waals surface area contributed by atoms with Gasteiger partial charge >= 0.3 is 0 Å². The third kappa shape index (κ3) is 3.19. The number of hydrogen-bond donors (Lipinski definition) is 0. The summed E-state index contributed by atoms with van der Waals surface area (Å²) in [7, 11) is 1.61. The Bertz CT molecular complexity index is 643. The van der Waals surface area contributed by atoms with E-state index in [2.05, 4.69) is 33.0 Å². The van der Waals surface area contributed by atoms with Gasteiger partial charge in [-0.2, -0.15) is 10.1 Å². The normalized spacial score (nSPS) is 18.5. The fourth-order valence-electron chi connectivity index (χ4n) is 2.66. The summed E-state index contributed by atoms with van der Waals surface area (Å²) in [5, 5.41) is 4.50. The van der Waals surface area contributed by atoms with Gasteiger partial charge in [-0.05, 0) is 19.9 Å². The predicted molar refractivity (Wildman–Crippen MR) is 82.2 cm³/mol. The molecular formula is C15H21N5O2. The Morgan fingerprint density at radius 1 is 1.41 bits per heavy atom. The summed E-state index contributed by atoms with van der Waals surface area (Å²) < 4.78 is 13.0. The van der Waals surface area contributed by atoms with E-state index in [1.165, 1.54) is 0 Å². The van der Waals surface area contributed by atoms with Crippen LogP contribution in [-0.4, -0.2) is 52.7 Å². The van der Waals surface area contributed by atoms with Gasteiger partial charge in [0.15, 0.2) is 0 Å². The molecule has 2 aromatic heterocycles. The van der Waals surface area contributed by atoms with Crippen molar-refractivity contribution in [3.05, 3.63) is 29.7 Å². The van der Waals surface area contributed by atoms with Gasteiger partial charge in [-0.25, -0.2) is 4.98 Å². The number of aryl methyl sites for hydroxylation is 2. The Morgan fingerprint density at radius 3 is 3.00 bits per heavy atom. The predicted octanol–water partition coefficient (Wildman–Crippen LogP) is 1.20.